The van der Waals surface area contributed by atoms with Crippen molar-refractivity contribution in [3.8, 4) is 5.75 Å². The zero-order chi connectivity index (χ0) is 18.7. The summed E-state index contributed by atoms with van der Waals surface area (Å²) in [7, 11) is 0. The summed E-state index contributed by atoms with van der Waals surface area (Å²) in [5.41, 5.74) is 3.00. The highest BCUT2D eigenvalue weighted by Gasteiger charge is 2.42. The first-order valence-electron chi connectivity index (χ1n) is 8.88. The van der Waals surface area contributed by atoms with Crippen molar-refractivity contribution in [1.29, 1.82) is 0 Å². The van der Waals surface area contributed by atoms with Gasteiger partial charge in [0.25, 0.3) is 5.91 Å². The molecular formula is C21H24N2O3. The minimum atomic E-state index is -0.483. The molecule has 0 bridgehead atoms. The monoisotopic (exact) mass is 352 g/mol. The highest BCUT2D eigenvalue weighted by Crippen LogP contribution is 2.26. The molecule has 5 heteroatoms. The molecule has 0 spiro atoms. The number of anilines is 1. The largest absolute Gasteiger partial charge is 0.494 e. The lowest BCUT2D eigenvalue weighted by molar-refractivity contribution is -0.127. The Morgan fingerprint density at radius 2 is 1.73 bits per heavy atom. The van der Waals surface area contributed by atoms with E-state index in [0.29, 0.717) is 19.6 Å². The molecule has 1 saturated heterocycles. The van der Waals surface area contributed by atoms with Crippen molar-refractivity contribution < 1.29 is 14.3 Å². The maximum atomic E-state index is 12.7. The van der Waals surface area contributed by atoms with Gasteiger partial charge in [0.1, 0.15) is 11.8 Å². The number of ether oxygens (including phenoxy) is 1. The number of benzene rings is 2. The number of rotatable bonds is 6. The van der Waals surface area contributed by atoms with Gasteiger partial charge < -0.3 is 4.74 Å². The Kier molecular flexibility index (Phi) is 5.26. The maximum Gasteiger partial charge on any atom is 0.331 e. The van der Waals surface area contributed by atoms with Crippen LogP contribution in [-0.2, 0) is 4.79 Å². The summed E-state index contributed by atoms with van der Waals surface area (Å²) in [6, 6.07) is 14.7. The summed E-state index contributed by atoms with van der Waals surface area (Å²) in [6.45, 7) is 6.58. The number of hydrogen-bond acceptors (Lipinski definition) is 3. The Morgan fingerprint density at radius 1 is 1.00 bits per heavy atom. The Morgan fingerprint density at radius 3 is 2.42 bits per heavy atom. The Labute approximate surface area is 154 Å². The van der Waals surface area contributed by atoms with E-state index in [-0.39, 0.29) is 11.9 Å². The molecule has 0 aromatic heterocycles. The summed E-state index contributed by atoms with van der Waals surface area (Å²) in [5, 5.41) is 0. The van der Waals surface area contributed by atoms with Gasteiger partial charge in [0.2, 0.25) is 0 Å². The van der Waals surface area contributed by atoms with Gasteiger partial charge in [-0.15, -0.1) is 0 Å². The predicted molar refractivity (Wildman–Crippen MR) is 102 cm³/mol. The number of hydrogen-bond donors (Lipinski definition) is 0. The van der Waals surface area contributed by atoms with Crippen molar-refractivity contribution in [2.45, 2.75) is 33.2 Å². The number of carbonyl (C=O) groups is 2. The molecule has 1 unspecified atom stereocenters. The van der Waals surface area contributed by atoms with Crippen LogP contribution < -0.4 is 9.64 Å². The molecule has 0 N–H and O–H groups in total. The molecule has 1 atom stereocenters. The van der Waals surface area contributed by atoms with E-state index in [1.807, 2.05) is 62.4 Å². The van der Waals surface area contributed by atoms with Crippen LogP contribution in [0.5, 0.6) is 5.75 Å². The van der Waals surface area contributed by atoms with Gasteiger partial charge in [0.15, 0.2) is 0 Å². The summed E-state index contributed by atoms with van der Waals surface area (Å²) in [6.07, 6.45) is 0.597. The highest BCUT2D eigenvalue weighted by atomic mass is 16.5. The third-order valence-corrected chi connectivity index (χ3v) is 4.54. The van der Waals surface area contributed by atoms with Gasteiger partial charge in [-0.2, -0.15) is 0 Å². The van der Waals surface area contributed by atoms with Gasteiger partial charge in [0, 0.05) is 12.2 Å². The standard InChI is InChI=1S/C21H24N2O3/c1-15-8-10-18(11-9-15)23-17(3)20(24)22(21(23)25)12-5-13-26-19-7-4-6-16(2)14-19/h4,6-11,14,17H,5,12-13H2,1-3H3. The fourth-order valence-electron chi connectivity index (χ4n) is 3.09. The minimum Gasteiger partial charge on any atom is -0.494 e. The SMILES string of the molecule is Cc1ccc(N2C(=O)N(CCCOc3cccc(C)c3)C(=O)C2C)cc1. The molecule has 5 nitrogen and oxygen atoms in total. The van der Waals surface area contributed by atoms with Gasteiger partial charge >= 0.3 is 6.03 Å². The average Bonchev–Trinajstić information content (AvgIpc) is 2.83. The Bertz CT molecular complexity index is 801. The number of amides is 3. The molecule has 3 amide bonds. The molecule has 3 rings (SSSR count). The van der Waals surface area contributed by atoms with E-state index in [1.54, 1.807) is 11.8 Å². The summed E-state index contributed by atoms with van der Waals surface area (Å²) >= 11 is 0. The lowest BCUT2D eigenvalue weighted by atomic mass is 10.2. The first-order chi connectivity index (χ1) is 12.5. The highest BCUT2D eigenvalue weighted by molar-refractivity contribution is 6.14. The molecule has 0 saturated carbocycles. The lowest BCUT2D eigenvalue weighted by Crippen LogP contribution is -2.34. The first kappa shape index (κ1) is 18.0. The van der Waals surface area contributed by atoms with Gasteiger partial charge in [-0.3, -0.25) is 14.6 Å². The average molecular weight is 352 g/mol. The van der Waals surface area contributed by atoms with Gasteiger partial charge in [-0.25, -0.2) is 4.79 Å². The van der Waals surface area contributed by atoms with Crippen LogP contribution in [-0.4, -0.2) is 36.0 Å². The lowest BCUT2D eigenvalue weighted by Gasteiger charge is -2.19. The first-order valence-corrected chi connectivity index (χ1v) is 8.88. The number of nitrogens with zero attached hydrogens (tertiary/aromatic N) is 2. The molecule has 1 heterocycles. The number of carbonyl (C=O) groups excluding carboxylic acids is 2. The molecule has 26 heavy (non-hydrogen) atoms. The van der Waals surface area contributed by atoms with Crippen LogP contribution in [0.25, 0.3) is 0 Å². The second-order valence-electron chi connectivity index (χ2n) is 6.67. The smallest absolute Gasteiger partial charge is 0.331 e. The van der Waals surface area contributed by atoms with Crippen molar-refractivity contribution in [2.75, 3.05) is 18.1 Å². The second kappa shape index (κ2) is 7.60. The van der Waals surface area contributed by atoms with E-state index < -0.39 is 6.04 Å². The van der Waals surface area contributed by atoms with Gasteiger partial charge in [0.05, 0.1) is 6.61 Å². The van der Waals surface area contributed by atoms with Crippen LogP contribution in [0.15, 0.2) is 48.5 Å². The Hall–Kier alpha value is -2.82. The van der Waals surface area contributed by atoms with Crippen LogP contribution in [0.4, 0.5) is 10.5 Å². The van der Waals surface area contributed by atoms with Crippen molar-refractivity contribution in [2.24, 2.45) is 0 Å². The molecular weight excluding hydrogens is 328 g/mol. The quantitative estimate of drug-likeness (QED) is 0.585. The molecule has 0 radical (unpaired) electrons. The van der Waals surface area contributed by atoms with Crippen molar-refractivity contribution in [3.05, 3.63) is 59.7 Å². The second-order valence-corrected chi connectivity index (χ2v) is 6.67. The Balaban J connectivity index is 1.59. The third kappa shape index (κ3) is 3.72. The van der Waals surface area contributed by atoms with Crippen LogP contribution in [0.1, 0.15) is 24.5 Å². The molecule has 1 aliphatic heterocycles. The van der Waals surface area contributed by atoms with E-state index in [4.69, 9.17) is 4.74 Å². The topological polar surface area (TPSA) is 49.9 Å². The molecule has 2 aromatic rings. The minimum absolute atomic E-state index is 0.161. The van der Waals surface area contributed by atoms with E-state index in [0.717, 1.165) is 22.6 Å². The van der Waals surface area contributed by atoms with Crippen LogP contribution in [0.3, 0.4) is 0 Å². The molecule has 136 valence electrons. The van der Waals surface area contributed by atoms with Crippen molar-refractivity contribution in [3.63, 3.8) is 0 Å². The predicted octanol–water partition coefficient (Wildman–Crippen LogP) is 3.93. The fourth-order valence-corrected chi connectivity index (χ4v) is 3.09. The van der Waals surface area contributed by atoms with Crippen molar-refractivity contribution in [1.82, 2.24) is 4.90 Å². The number of urea groups is 1. The summed E-state index contributed by atoms with van der Waals surface area (Å²) < 4.78 is 5.71. The summed E-state index contributed by atoms with van der Waals surface area (Å²) in [5.74, 6) is 0.643. The van der Waals surface area contributed by atoms with Gasteiger partial charge in [-0.05, 0) is 57.0 Å². The van der Waals surface area contributed by atoms with Crippen molar-refractivity contribution >= 4 is 17.6 Å². The number of aryl methyl sites for hydroxylation is 2. The number of imide groups is 1. The fraction of sp³-hybridized carbons (Fsp3) is 0.333. The van der Waals surface area contributed by atoms with E-state index in [9.17, 15) is 9.59 Å². The molecule has 0 aliphatic carbocycles. The van der Waals surface area contributed by atoms with E-state index in [1.165, 1.54) is 4.90 Å². The zero-order valence-corrected chi connectivity index (χ0v) is 15.4. The third-order valence-electron chi connectivity index (χ3n) is 4.54. The normalized spacial score (nSPS) is 17.1. The van der Waals surface area contributed by atoms with Gasteiger partial charge in [-0.1, -0.05) is 29.8 Å². The van der Waals surface area contributed by atoms with E-state index >= 15 is 0 Å². The van der Waals surface area contributed by atoms with Crippen LogP contribution in [0.2, 0.25) is 0 Å². The van der Waals surface area contributed by atoms with Crippen LogP contribution >= 0.6 is 0 Å². The molecule has 1 aliphatic rings. The van der Waals surface area contributed by atoms with E-state index in [2.05, 4.69) is 0 Å². The summed E-state index contributed by atoms with van der Waals surface area (Å²) in [4.78, 5) is 28.1. The van der Waals surface area contributed by atoms with Crippen LogP contribution in [0, 0.1) is 13.8 Å². The molecule has 2 aromatic carbocycles. The maximum absolute atomic E-state index is 12.7. The molecule has 1 fully saturated rings. The zero-order valence-electron chi connectivity index (χ0n) is 15.4.